The summed E-state index contributed by atoms with van der Waals surface area (Å²) in [4.78, 5) is 30.5. The fourth-order valence-corrected chi connectivity index (χ4v) is 3.36. The Balaban J connectivity index is 1.64. The third-order valence-electron chi connectivity index (χ3n) is 4.89. The zero-order chi connectivity index (χ0) is 19.1. The van der Waals surface area contributed by atoms with E-state index < -0.39 is 0 Å². The maximum absolute atomic E-state index is 13.0. The lowest BCUT2D eigenvalue weighted by Gasteiger charge is -2.26. The molecule has 0 bridgehead atoms. The largest absolute Gasteiger partial charge is 0.467 e. The van der Waals surface area contributed by atoms with E-state index in [1.165, 1.54) is 0 Å². The van der Waals surface area contributed by atoms with E-state index in [9.17, 15) is 9.59 Å². The van der Waals surface area contributed by atoms with E-state index in [0.29, 0.717) is 26.2 Å². The second-order valence-electron chi connectivity index (χ2n) is 6.95. The van der Waals surface area contributed by atoms with Gasteiger partial charge in [-0.2, -0.15) is 0 Å². The second-order valence-corrected chi connectivity index (χ2v) is 6.95. The van der Waals surface area contributed by atoms with Gasteiger partial charge in [-0.3, -0.25) is 14.5 Å². The highest BCUT2D eigenvalue weighted by atomic mass is 16.3. The van der Waals surface area contributed by atoms with Gasteiger partial charge in [0.25, 0.3) is 0 Å². The molecule has 0 unspecified atom stereocenters. The van der Waals surface area contributed by atoms with Crippen molar-refractivity contribution in [1.29, 1.82) is 0 Å². The van der Waals surface area contributed by atoms with Crippen LogP contribution in [0.1, 0.15) is 24.7 Å². The highest BCUT2D eigenvalue weighted by molar-refractivity contribution is 5.78. The lowest BCUT2D eigenvalue weighted by Crippen LogP contribution is -2.41. The Kier molecular flexibility index (Phi) is 6.65. The van der Waals surface area contributed by atoms with Crippen LogP contribution in [0.15, 0.2) is 53.1 Å². The Labute approximate surface area is 160 Å². The molecule has 2 aromatic rings. The summed E-state index contributed by atoms with van der Waals surface area (Å²) in [5, 5.41) is 0. The first-order chi connectivity index (χ1) is 13.1. The van der Waals surface area contributed by atoms with Crippen LogP contribution in [0.2, 0.25) is 0 Å². The molecule has 0 saturated carbocycles. The van der Waals surface area contributed by atoms with Crippen LogP contribution in [0, 0.1) is 0 Å². The fraction of sp³-hybridized carbons (Fsp3) is 0.429. The standard InChI is InChI=1S/C21H27N3O3/c1-18(25)23-11-6-10-22(12-13-23)17-21(26)24(16-20-9-5-14-27-20)15-19-7-3-2-4-8-19/h2-5,7-9,14H,6,10-13,15-17H2,1H3. The van der Waals surface area contributed by atoms with Crippen LogP contribution in [0.4, 0.5) is 0 Å². The van der Waals surface area contributed by atoms with Gasteiger partial charge in [-0.1, -0.05) is 30.3 Å². The summed E-state index contributed by atoms with van der Waals surface area (Å²) in [6, 6.07) is 13.7. The van der Waals surface area contributed by atoms with Gasteiger partial charge in [0, 0.05) is 39.6 Å². The van der Waals surface area contributed by atoms with Crippen LogP contribution in [-0.2, 0) is 22.7 Å². The van der Waals surface area contributed by atoms with Gasteiger partial charge in [0.15, 0.2) is 0 Å². The Morgan fingerprint density at radius 1 is 1.00 bits per heavy atom. The normalized spacial score (nSPS) is 15.4. The van der Waals surface area contributed by atoms with E-state index in [2.05, 4.69) is 4.90 Å². The number of benzene rings is 1. The molecule has 6 heteroatoms. The zero-order valence-electron chi connectivity index (χ0n) is 15.8. The van der Waals surface area contributed by atoms with E-state index in [1.807, 2.05) is 52.3 Å². The van der Waals surface area contributed by atoms with E-state index in [1.54, 1.807) is 13.2 Å². The van der Waals surface area contributed by atoms with Crippen LogP contribution in [-0.4, -0.2) is 59.2 Å². The third-order valence-corrected chi connectivity index (χ3v) is 4.89. The van der Waals surface area contributed by atoms with Crippen molar-refractivity contribution in [3.8, 4) is 0 Å². The van der Waals surface area contributed by atoms with Crippen molar-refractivity contribution in [2.45, 2.75) is 26.4 Å². The highest BCUT2D eigenvalue weighted by Crippen LogP contribution is 2.12. The summed E-state index contributed by atoms with van der Waals surface area (Å²) in [5.74, 6) is 0.955. The number of carbonyl (C=O) groups is 2. The molecule has 144 valence electrons. The molecule has 2 amide bonds. The molecule has 1 aromatic carbocycles. The number of furan rings is 1. The molecule has 1 aliphatic heterocycles. The van der Waals surface area contributed by atoms with Gasteiger partial charge < -0.3 is 14.2 Å². The first-order valence-electron chi connectivity index (χ1n) is 9.44. The molecular formula is C21H27N3O3. The highest BCUT2D eigenvalue weighted by Gasteiger charge is 2.22. The summed E-state index contributed by atoms with van der Waals surface area (Å²) in [5.41, 5.74) is 1.09. The lowest BCUT2D eigenvalue weighted by molar-refractivity contribution is -0.134. The van der Waals surface area contributed by atoms with Crippen LogP contribution in [0.3, 0.4) is 0 Å². The number of rotatable bonds is 6. The van der Waals surface area contributed by atoms with E-state index >= 15 is 0 Å². The first-order valence-corrected chi connectivity index (χ1v) is 9.44. The molecule has 0 N–H and O–H groups in total. The Hall–Kier alpha value is -2.60. The van der Waals surface area contributed by atoms with Gasteiger partial charge in [-0.25, -0.2) is 0 Å². The minimum Gasteiger partial charge on any atom is -0.467 e. The third kappa shape index (κ3) is 5.69. The predicted molar refractivity (Wildman–Crippen MR) is 103 cm³/mol. The maximum Gasteiger partial charge on any atom is 0.237 e. The number of hydrogen-bond donors (Lipinski definition) is 0. The first kappa shape index (κ1) is 19.2. The Morgan fingerprint density at radius 3 is 2.52 bits per heavy atom. The molecule has 0 radical (unpaired) electrons. The fourth-order valence-electron chi connectivity index (χ4n) is 3.36. The van der Waals surface area contributed by atoms with Crippen LogP contribution in [0.25, 0.3) is 0 Å². The minimum atomic E-state index is 0.0755. The number of nitrogens with zero attached hydrogens (tertiary/aromatic N) is 3. The molecule has 2 heterocycles. The van der Waals surface area contributed by atoms with Crippen LogP contribution in [0.5, 0.6) is 0 Å². The van der Waals surface area contributed by atoms with E-state index in [0.717, 1.165) is 37.4 Å². The summed E-state index contributed by atoms with van der Waals surface area (Å²) < 4.78 is 5.45. The van der Waals surface area contributed by atoms with E-state index in [-0.39, 0.29) is 11.8 Å². The number of amides is 2. The topological polar surface area (TPSA) is 57.0 Å². The van der Waals surface area contributed by atoms with Gasteiger partial charge in [-0.05, 0) is 24.1 Å². The van der Waals surface area contributed by atoms with Crippen LogP contribution >= 0.6 is 0 Å². The molecule has 6 nitrogen and oxygen atoms in total. The second kappa shape index (κ2) is 9.37. The van der Waals surface area contributed by atoms with Gasteiger partial charge in [0.1, 0.15) is 5.76 Å². The molecular weight excluding hydrogens is 342 g/mol. The summed E-state index contributed by atoms with van der Waals surface area (Å²) >= 11 is 0. The molecule has 27 heavy (non-hydrogen) atoms. The Morgan fingerprint density at radius 2 is 1.81 bits per heavy atom. The molecule has 3 rings (SSSR count). The summed E-state index contributed by atoms with van der Waals surface area (Å²) in [6.07, 6.45) is 2.52. The van der Waals surface area contributed by atoms with Crippen molar-refractivity contribution < 1.29 is 14.0 Å². The minimum absolute atomic E-state index is 0.0755. The van der Waals surface area contributed by atoms with Crippen molar-refractivity contribution >= 4 is 11.8 Å². The predicted octanol–water partition coefficient (Wildman–Crippen LogP) is 2.36. The number of hydrogen-bond acceptors (Lipinski definition) is 4. The average Bonchev–Trinajstić information content (AvgIpc) is 3.06. The van der Waals surface area contributed by atoms with Crippen LogP contribution < -0.4 is 0 Å². The zero-order valence-corrected chi connectivity index (χ0v) is 15.8. The van der Waals surface area contributed by atoms with E-state index in [4.69, 9.17) is 4.42 Å². The molecule has 1 saturated heterocycles. The van der Waals surface area contributed by atoms with Crippen molar-refractivity contribution in [2.75, 3.05) is 32.7 Å². The van der Waals surface area contributed by atoms with Crippen molar-refractivity contribution in [1.82, 2.24) is 14.7 Å². The van der Waals surface area contributed by atoms with Crippen molar-refractivity contribution in [2.24, 2.45) is 0 Å². The SMILES string of the molecule is CC(=O)N1CCCN(CC(=O)N(Cc2ccccc2)Cc2ccco2)CC1. The van der Waals surface area contributed by atoms with Gasteiger partial charge in [-0.15, -0.1) is 0 Å². The molecule has 1 fully saturated rings. The summed E-state index contributed by atoms with van der Waals surface area (Å²) in [6.45, 7) is 5.97. The quantitative estimate of drug-likeness (QED) is 0.784. The molecule has 1 aromatic heterocycles. The van der Waals surface area contributed by atoms with Crippen molar-refractivity contribution in [3.63, 3.8) is 0 Å². The monoisotopic (exact) mass is 369 g/mol. The molecule has 0 atom stereocenters. The molecule has 1 aliphatic rings. The lowest BCUT2D eigenvalue weighted by atomic mass is 10.2. The maximum atomic E-state index is 13.0. The molecule has 0 spiro atoms. The van der Waals surface area contributed by atoms with Gasteiger partial charge in [0.05, 0.1) is 19.4 Å². The van der Waals surface area contributed by atoms with Crippen molar-refractivity contribution in [3.05, 3.63) is 60.1 Å². The van der Waals surface area contributed by atoms with Gasteiger partial charge in [0.2, 0.25) is 11.8 Å². The smallest absolute Gasteiger partial charge is 0.237 e. The average molecular weight is 369 g/mol. The Bertz CT molecular complexity index is 730. The van der Waals surface area contributed by atoms with Gasteiger partial charge >= 0.3 is 0 Å². The molecule has 0 aliphatic carbocycles. The summed E-state index contributed by atoms with van der Waals surface area (Å²) in [7, 11) is 0. The number of carbonyl (C=O) groups excluding carboxylic acids is 2.